The van der Waals surface area contributed by atoms with Gasteiger partial charge in [-0.3, -0.25) is 4.79 Å². The number of aliphatic hydroxyl groups is 1. The van der Waals surface area contributed by atoms with Crippen molar-refractivity contribution in [3.8, 4) is 18.1 Å². The smallest absolute Gasteiger partial charge is 0.261 e. The number of hydrogen-bond acceptors (Lipinski definition) is 3. The maximum absolute atomic E-state index is 11.5. The van der Waals surface area contributed by atoms with E-state index in [2.05, 4.69) is 11.2 Å². The highest BCUT2D eigenvalue weighted by Gasteiger charge is 2.13. The Balaban J connectivity index is 2.51. The topological polar surface area (TPSA) is 58.6 Å². The summed E-state index contributed by atoms with van der Waals surface area (Å²) in [5.74, 6) is 2.70. The van der Waals surface area contributed by atoms with Gasteiger partial charge in [0.05, 0.1) is 6.54 Å². The van der Waals surface area contributed by atoms with Crippen molar-refractivity contribution in [2.24, 2.45) is 0 Å². The van der Waals surface area contributed by atoms with E-state index >= 15 is 0 Å². The SMILES string of the molecule is C#CCNC(=O)C(C)Oc1ccc(CCO)cc1. The quantitative estimate of drug-likeness (QED) is 0.729. The van der Waals surface area contributed by atoms with Gasteiger partial charge >= 0.3 is 0 Å². The zero-order chi connectivity index (χ0) is 13.4. The van der Waals surface area contributed by atoms with Crippen molar-refractivity contribution in [3.05, 3.63) is 29.8 Å². The standard InChI is InChI=1S/C14H17NO3/c1-3-9-15-14(17)11(2)18-13-6-4-12(5-7-13)8-10-16/h1,4-7,11,16H,8-10H2,2H3,(H,15,17). The van der Waals surface area contributed by atoms with Crippen LogP contribution in [0.1, 0.15) is 12.5 Å². The summed E-state index contributed by atoms with van der Waals surface area (Å²) in [6, 6.07) is 7.27. The molecule has 18 heavy (non-hydrogen) atoms. The zero-order valence-electron chi connectivity index (χ0n) is 10.3. The molecular formula is C14H17NO3. The first-order valence-corrected chi connectivity index (χ1v) is 5.75. The molecule has 0 bridgehead atoms. The minimum Gasteiger partial charge on any atom is -0.481 e. The number of aliphatic hydroxyl groups excluding tert-OH is 1. The molecule has 0 aliphatic rings. The number of benzene rings is 1. The van der Waals surface area contributed by atoms with Gasteiger partial charge in [0.15, 0.2) is 6.10 Å². The second-order valence-corrected chi connectivity index (χ2v) is 3.80. The van der Waals surface area contributed by atoms with E-state index in [0.717, 1.165) is 5.56 Å². The molecule has 1 unspecified atom stereocenters. The Kier molecular flexibility index (Phi) is 5.75. The van der Waals surface area contributed by atoms with Gasteiger partial charge in [-0.05, 0) is 31.0 Å². The summed E-state index contributed by atoms with van der Waals surface area (Å²) < 4.78 is 5.46. The predicted octanol–water partition coefficient (Wildman–Crippen LogP) is 0.738. The summed E-state index contributed by atoms with van der Waals surface area (Å²) in [5.41, 5.74) is 1.02. The number of hydrogen-bond donors (Lipinski definition) is 2. The molecule has 0 radical (unpaired) electrons. The number of carbonyl (C=O) groups is 1. The molecule has 96 valence electrons. The molecule has 0 aromatic heterocycles. The average molecular weight is 247 g/mol. The van der Waals surface area contributed by atoms with Gasteiger partial charge in [0.2, 0.25) is 0 Å². The fourth-order valence-corrected chi connectivity index (χ4v) is 1.40. The Morgan fingerprint density at radius 1 is 1.50 bits per heavy atom. The number of ether oxygens (including phenoxy) is 1. The van der Waals surface area contributed by atoms with E-state index in [4.69, 9.17) is 16.3 Å². The second kappa shape index (κ2) is 7.36. The number of amides is 1. The lowest BCUT2D eigenvalue weighted by Gasteiger charge is -2.14. The Morgan fingerprint density at radius 2 is 2.17 bits per heavy atom. The summed E-state index contributed by atoms with van der Waals surface area (Å²) in [4.78, 5) is 11.5. The van der Waals surface area contributed by atoms with E-state index in [0.29, 0.717) is 12.2 Å². The van der Waals surface area contributed by atoms with E-state index in [-0.39, 0.29) is 19.1 Å². The number of rotatable bonds is 6. The van der Waals surface area contributed by atoms with Crippen LogP contribution in [0, 0.1) is 12.3 Å². The predicted molar refractivity (Wildman–Crippen MR) is 69.2 cm³/mol. The van der Waals surface area contributed by atoms with Crippen molar-refractivity contribution in [3.63, 3.8) is 0 Å². The van der Waals surface area contributed by atoms with E-state index in [1.165, 1.54) is 0 Å². The van der Waals surface area contributed by atoms with Gasteiger partial charge in [-0.2, -0.15) is 0 Å². The van der Waals surface area contributed by atoms with Crippen LogP contribution in [-0.2, 0) is 11.2 Å². The Labute approximate surface area is 107 Å². The first kappa shape index (κ1) is 14.1. The van der Waals surface area contributed by atoms with Crippen LogP contribution in [0.25, 0.3) is 0 Å². The molecule has 0 spiro atoms. The van der Waals surface area contributed by atoms with E-state index < -0.39 is 6.10 Å². The number of nitrogens with one attached hydrogen (secondary N) is 1. The van der Waals surface area contributed by atoms with Crippen LogP contribution < -0.4 is 10.1 Å². The van der Waals surface area contributed by atoms with Gasteiger partial charge in [0, 0.05) is 6.61 Å². The Hall–Kier alpha value is -1.99. The summed E-state index contributed by atoms with van der Waals surface area (Å²) >= 11 is 0. The molecule has 1 aromatic rings. The van der Waals surface area contributed by atoms with E-state index in [9.17, 15) is 4.79 Å². The molecule has 0 saturated carbocycles. The third-order valence-electron chi connectivity index (χ3n) is 2.37. The lowest BCUT2D eigenvalue weighted by Crippen LogP contribution is -2.36. The van der Waals surface area contributed by atoms with E-state index in [1.54, 1.807) is 19.1 Å². The van der Waals surface area contributed by atoms with Gasteiger partial charge < -0.3 is 15.2 Å². The van der Waals surface area contributed by atoms with Crippen LogP contribution in [0.2, 0.25) is 0 Å². The van der Waals surface area contributed by atoms with Crippen molar-refractivity contribution in [2.45, 2.75) is 19.4 Å². The molecule has 0 aliphatic carbocycles. The first-order valence-electron chi connectivity index (χ1n) is 5.75. The molecule has 4 nitrogen and oxygen atoms in total. The molecular weight excluding hydrogens is 230 g/mol. The zero-order valence-corrected chi connectivity index (χ0v) is 10.3. The molecule has 0 heterocycles. The first-order chi connectivity index (χ1) is 8.67. The van der Waals surface area contributed by atoms with Crippen molar-refractivity contribution in [1.29, 1.82) is 0 Å². The second-order valence-electron chi connectivity index (χ2n) is 3.80. The average Bonchev–Trinajstić information content (AvgIpc) is 2.38. The van der Waals surface area contributed by atoms with Gasteiger partial charge in [0.25, 0.3) is 5.91 Å². The van der Waals surface area contributed by atoms with Gasteiger partial charge in [-0.1, -0.05) is 18.1 Å². The summed E-state index contributed by atoms with van der Waals surface area (Å²) in [6.07, 6.45) is 5.06. The minimum atomic E-state index is -0.595. The van der Waals surface area contributed by atoms with Crippen molar-refractivity contribution < 1.29 is 14.6 Å². The van der Waals surface area contributed by atoms with Crippen LogP contribution in [0.5, 0.6) is 5.75 Å². The molecule has 1 amide bonds. The summed E-state index contributed by atoms with van der Waals surface area (Å²) in [5, 5.41) is 11.3. The van der Waals surface area contributed by atoms with Crippen molar-refractivity contribution >= 4 is 5.91 Å². The third kappa shape index (κ3) is 4.48. The lowest BCUT2D eigenvalue weighted by atomic mass is 10.1. The Morgan fingerprint density at radius 3 is 2.72 bits per heavy atom. The fraction of sp³-hybridized carbons (Fsp3) is 0.357. The summed E-state index contributed by atoms with van der Waals surface area (Å²) in [7, 11) is 0. The highest BCUT2D eigenvalue weighted by atomic mass is 16.5. The molecule has 2 N–H and O–H groups in total. The maximum Gasteiger partial charge on any atom is 0.261 e. The van der Waals surface area contributed by atoms with Gasteiger partial charge in [-0.25, -0.2) is 0 Å². The molecule has 0 saturated heterocycles. The normalized spacial score (nSPS) is 11.4. The lowest BCUT2D eigenvalue weighted by molar-refractivity contribution is -0.126. The highest BCUT2D eigenvalue weighted by Crippen LogP contribution is 2.14. The molecule has 1 atom stereocenters. The largest absolute Gasteiger partial charge is 0.481 e. The van der Waals surface area contributed by atoms with Gasteiger partial charge in [-0.15, -0.1) is 6.42 Å². The van der Waals surface area contributed by atoms with Crippen LogP contribution in [0.15, 0.2) is 24.3 Å². The van der Waals surface area contributed by atoms with Crippen molar-refractivity contribution in [1.82, 2.24) is 5.32 Å². The highest BCUT2D eigenvalue weighted by molar-refractivity contribution is 5.80. The van der Waals surface area contributed by atoms with Crippen LogP contribution in [-0.4, -0.2) is 30.3 Å². The van der Waals surface area contributed by atoms with Crippen molar-refractivity contribution in [2.75, 3.05) is 13.2 Å². The molecule has 0 aliphatic heterocycles. The van der Waals surface area contributed by atoms with Gasteiger partial charge in [0.1, 0.15) is 5.75 Å². The molecule has 1 aromatic carbocycles. The Bertz CT molecular complexity index is 420. The monoisotopic (exact) mass is 247 g/mol. The third-order valence-corrected chi connectivity index (χ3v) is 2.37. The van der Waals surface area contributed by atoms with Crippen LogP contribution >= 0.6 is 0 Å². The number of carbonyl (C=O) groups excluding carboxylic acids is 1. The molecule has 4 heteroatoms. The summed E-state index contributed by atoms with van der Waals surface area (Å²) in [6.45, 7) is 1.97. The molecule has 1 rings (SSSR count). The number of terminal acetylenes is 1. The minimum absolute atomic E-state index is 0.116. The van der Waals surface area contributed by atoms with E-state index in [1.807, 2.05) is 12.1 Å². The maximum atomic E-state index is 11.5. The van der Waals surface area contributed by atoms with Crippen LogP contribution in [0.3, 0.4) is 0 Å². The van der Waals surface area contributed by atoms with Crippen LogP contribution in [0.4, 0.5) is 0 Å². The molecule has 0 fully saturated rings. The fourth-order valence-electron chi connectivity index (χ4n) is 1.40.